The number of rotatable bonds is 7. The number of thioether (sulfide) groups is 1. The summed E-state index contributed by atoms with van der Waals surface area (Å²) in [5, 5.41) is 3.71. The number of hydrogen-bond donors (Lipinski definition) is 2. The highest BCUT2D eigenvalue weighted by Crippen LogP contribution is 2.23. The molecule has 1 amide bonds. The van der Waals surface area contributed by atoms with Crippen molar-refractivity contribution >= 4 is 28.7 Å². The van der Waals surface area contributed by atoms with E-state index in [0.29, 0.717) is 18.7 Å². The molecule has 0 spiro atoms. The van der Waals surface area contributed by atoms with Gasteiger partial charge >= 0.3 is 0 Å². The Bertz CT molecular complexity index is 782. The lowest BCUT2D eigenvalue weighted by atomic mass is 10.1. The van der Waals surface area contributed by atoms with Gasteiger partial charge in [0.15, 0.2) is 5.16 Å². The van der Waals surface area contributed by atoms with Crippen LogP contribution in [0.25, 0.3) is 11.0 Å². The Hall–Kier alpha value is -2.31. The first kappa shape index (κ1) is 16.5. The number of carbonyl (C=O) groups is 1. The van der Waals surface area contributed by atoms with Crippen LogP contribution in [0, 0.1) is 0 Å². The second-order valence-electron chi connectivity index (χ2n) is 5.29. The first-order chi connectivity index (χ1) is 11.8. The number of carbonyl (C=O) groups excluding carboxylic acids is 1. The van der Waals surface area contributed by atoms with Crippen LogP contribution < -0.4 is 5.32 Å². The van der Waals surface area contributed by atoms with E-state index in [-0.39, 0.29) is 5.91 Å². The first-order valence-electron chi connectivity index (χ1n) is 7.70. The lowest BCUT2D eigenvalue weighted by Crippen LogP contribution is -2.26. The molecule has 1 heterocycles. The highest BCUT2D eigenvalue weighted by molar-refractivity contribution is 7.98. The molecule has 124 valence electrons. The molecule has 0 aliphatic heterocycles. The van der Waals surface area contributed by atoms with Gasteiger partial charge in [-0.25, -0.2) is 4.98 Å². The maximum absolute atomic E-state index is 11.9. The van der Waals surface area contributed by atoms with Gasteiger partial charge in [0.25, 0.3) is 5.91 Å². The zero-order valence-corrected chi connectivity index (χ0v) is 14.2. The molecule has 0 saturated carbocycles. The molecular weight excluding hydrogens is 322 g/mol. The number of imidazole rings is 1. The van der Waals surface area contributed by atoms with E-state index in [9.17, 15) is 4.79 Å². The number of aromatic amines is 1. The normalized spacial score (nSPS) is 10.9. The molecule has 5 nitrogen and oxygen atoms in total. The molecule has 0 saturated heterocycles. The van der Waals surface area contributed by atoms with Crippen molar-refractivity contribution in [1.29, 1.82) is 0 Å². The highest BCUT2D eigenvalue weighted by atomic mass is 32.2. The molecule has 0 fully saturated rings. The van der Waals surface area contributed by atoms with Crippen LogP contribution in [0.15, 0.2) is 53.7 Å². The Labute approximate surface area is 144 Å². The molecular formula is C18H19N3O2S. The number of methoxy groups -OCH3 is 1. The largest absolute Gasteiger partial charge is 0.383 e. The van der Waals surface area contributed by atoms with Crippen molar-refractivity contribution in [3.63, 3.8) is 0 Å². The molecule has 0 aliphatic rings. The predicted octanol–water partition coefficient (Wildman–Crippen LogP) is 3.23. The third kappa shape index (κ3) is 4.15. The number of aromatic nitrogens is 2. The van der Waals surface area contributed by atoms with E-state index in [1.807, 2.05) is 48.5 Å². The van der Waals surface area contributed by atoms with Gasteiger partial charge in [-0.3, -0.25) is 4.79 Å². The molecule has 3 aromatic rings. The minimum absolute atomic E-state index is 0.0801. The Morgan fingerprint density at radius 1 is 1.21 bits per heavy atom. The Kier molecular flexibility index (Phi) is 5.51. The standard InChI is InChI=1S/C18H19N3O2S/c1-23-11-10-19-17(22)14-8-6-13(7-9-14)12-24-18-20-15-4-2-3-5-16(15)21-18/h2-9H,10-12H2,1H3,(H,19,22)(H,20,21). The Balaban J connectivity index is 1.56. The summed E-state index contributed by atoms with van der Waals surface area (Å²) < 4.78 is 4.92. The molecule has 3 rings (SSSR count). The number of hydrogen-bond acceptors (Lipinski definition) is 4. The van der Waals surface area contributed by atoms with Gasteiger partial charge in [-0.15, -0.1) is 0 Å². The first-order valence-corrected chi connectivity index (χ1v) is 8.68. The summed E-state index contributed by atoms with van der Waals surface area (Å²) in [5.74, 6) is 0.717. The van der Waals surface area contributed by atoms with Crippen LogP contribution in [0.5, 0.6) is 0 Å². The molecule has 0 aliphatic carbocycles. The van der Waals surface area contributed by atoms with Crippen LogP contribution in [0.4, 0.5) is 0 Å². The maximum Gasteiger partial charge on any atom is 0.251 e. The zero-order chi connectivity index (χ0) is 16.8. The molecule has 2 aromatic carbocycles. The van der Waals surface area contributed by atoms with E-state index >= 15 is 0 Å². The van der Waals surface area contributed by atoms with E-state index < -0.39 is 0 Å². The van der Waals surface area contributed by atoms with Crippen molar-refractivity contribution in [2.75, 3.05) is 20.3 Å². The van der Waals surface area contributed by atoms with E-state index in [1.54, 1.807) is 18.9 Å². The van der Waals surface area contributed by atoms with Gasteiger partial charge in [-0.05, 0) is 29.8 Å². The quantitative estimate of drug-likeness (QED) is 0.511. The minimum Gasteiger partial charge on any atom is -0.383 e. The Morgan fingerprint density at radius 2 is 2.00 bits per heavy atom. The van der Waals surface area contributed by atoms with Gasteiger partial charge in [-0.1, -0.05) is 36.0 Å². The fourth-order valence-electron chi connectivity index (χ4n) is 2.27. The van der Waals surface area contributed by atoms with Crippen LogP contribution >= 0.6 is 11.8 Å². The Morgan fingerprint density at radius 3 is 2.75 bits per heavy atom. The summed E-state index contributed by atoms with van der Waals surface area (Å²) in [4.78, 5) is 19.8. The van der Waals surface area contributed by atoms with E-state index in [1.165, 1.54) is 0 Å². The van der Waals surface area contributed by atoms with Gasteiger partial charge in [0.2, 0.25) is 0 Å². The smallest absolute Gasteiger partial charge is 0.251 e. The third-order valence-corrected chi connectivity index (χ3v) is 4.50. The zero-order valence-electron chi connectivity index (χ0n) is 13.4. The summed E-state index contributed by atoms with van der Waals surface area (Å²) in [6.07, 6.45) is 0. The van der Waals surface area contributed by atoms with Crippen LogP contribution in [0.1, 0.15) is 15.9 Å². The molecule has 1 aromatic heterocycles. The number of para-hydroxylation sites is 2. The highest BCUT2D eigenvalue weighted by Gasteiger charge is 2.06. The molecule has 0 atom stereocenters. The van der Waals surface area contributed by atoms with Gasteiger partial charge in [0.1, 0.15) is 0 Å². The number of nitrogens with zero attached hydrogens (tertiary/aromatic N) is 1. The predicted molar refractivity (Wildman–Crippen MR) is 96.3 cm³/mol. The third-order valence-electron chi connectivity index (χ3n) is 3.55. The molecule has 6 heteroatoms. The molecule has 0 unspecified atom stereocenters. The number of benzene rings is 2. The number of nitrogens with one attached hydrogen (secondary N) is 2. The average molecular weight is 341 g/mol. The van der Waals surface area contributed by atoms with Crippen LogP contribution in [0.3, 0.4) is 0 Å². The van der Waals surface area contributed by atoms with Crippen molar-refractivity contribution in [2.24, 2.45) is 0 Å². The summed E-state index contributed by atoms with van der Waals surface area (Å²) in [6, 6.07) is 15.6. The maximum atomic E-state index is 11.9. The molecule has 24 heavy (non-hydrogen) atoms. The van der Waals surface area contributed by atoms with Crippen molar-refractivity contribution in [3.8, 4) is 0 Å². The van der Waals surface area contributed by atoms with Crippen LogP contribution in [0.2, 0.25) is 0 Å². The van der Waals surface area contributed by atoms with Crippen LogP contribution in [-0.2, 0) is 10.5 Å². The lowest BCUT2D eigenvalue weighted by Gasteiger charge is -2.05. The van der Waals surface area contributed by atoms with Crippen LogP contribution in [-0.4, -0.2) is 36.1 Å². The minimum atomic E-state index is -0.0801. The number of fused-ring (bicyclic) bond motifs is 1. The summed E-state index contributed by atoms with van der Waals surface area (Å²) in [7, 11) is 1.61. The van der Waals surface area contributed by atoms with Gasteiger partial charge < -0.3 is 15.0 Å². The SMILES string of the molecule is COCCNC(=O)c1ccc(CSc2nc3ccccc3[nH]2)cc1. The summed E-state index contributed by atoms with van der Waals surface area (Å²) in [5.41, 5.74) is 3.82. The molecule has 2 N–H and O–H groups in total. The lowest BCUT2D eigenvalue weighted by molar-refractivity contribution is 0.0937. The number of ether oxygens (including phenoxy) is 1. The van der Waals surface area contributed by atoms with Crippen molar-refractivity contribution in [1.82, 2.24) is 15.3 Å². The van der Waals surface area contributed by atoms with Crippen molar-refractivity contribution < 1.29 is 9.53 Å². The van der Waals surface area contributed by atoms with Crippen molar-refractivity contribution in [3.05, 3.63) is 59.7 Å². The monoisotopic (exact) mass is 341 g/mol. The average Bonchev–Trinajstić information content (AvgIpc) is 3.03. The fraction of sp³-hybridized carbons (Fsp3) is 0.222. The van der Waals surface area contributed by atoms with Gasteiger partial charge in [-0.2, -0.15) is 0 Å². The summed E-state index contributed by atoms with van der Waals surface area (Å²) >= 11 is 1.65. The molecule has 0 radical (unpaired) electrons. The number of H-pyrrole nitrogens is 1. The molecule has 0 bridgehead atoms. The van der Waals surface area contributed by atoms with Gasteiger partial charge in [0, 0.05) is 25.0 Å². The summed E-state index contributed by atoms with van der Waals surface area (Å²) in [6.45, 7) is 1.02. The number of amides is 1. The second-order valence-corrected chi connectivity index (χ2v) is 6.26. The van der Waals surface area contributed by atoms with E-state index in [4.69, 9.17) is 4.74 Å². The van der Waals surface area contributed by atoms with E-state index in [0.717, 1.165) is 27.5 Å². The topological polar surface area (TPSA) is 67.0 Å². The van der Waals surface area contributed by atoms with Crippen molar-refractivity contribution in [2.45, 2.75) is 10.9 Å². The van der Waals surface area contributed by atoms with Gasteiger partial charge in [0.05, 0.1) is 17.6 Å². The second kappa shape index (κ2) is 7.99. The van der Waals surface area contributed by atoms with E-state index in [2.05, 4.69) is 15.3 Å². The fourth-order valence-corrected chi connectivity index (χ4v) is 3.11.